The maximum Gasteiger partial charge on any atom is 0.261 e. The van der Waals surface area contributed by atoms with Gasteiger partial charge in [-0.3, -0.25) is 9.52 Å². The number of nitrogens with one attached hydrogen (secondary N) is 1. The van der Waals surface area contributed by atoms with Gasteiger partial charge in [-0.05, 0) is 55.3 Å². The summed E-state index contributed by atoms with van der Waals surface area (Å²) in [5, 5.41) is 0.278. The van der Waals surface area contributed by atoms with Gasteiger partial charge in [-0.2, -0.15) is 0 Å². The highest BCUT2D eigenvalue weighted by Gasteiger charge is 2.42. The molecule has 3 rings (SSSR count). The molecule has 150 valence electrons. The highest BCUT2D eigenvalue weighted by atomic mass is 35.5. The predicted octanol–water partition coefficient (Wildman–Crippen LogP) is 3.07. The Labute approximate surface area is 169 Å². The molecule has 10 heteroatoms. The summed E-state index contributed by atoms with van der Waals surface area (Å²) in [4.78, 5) is 12.1. The van der Waals surface area contributed by atoms with Crippen LogP contribution in [-0.2, 0) is 24.8 Å². The maximum absolute atomic E-state index is 12.7. The van der Waals surface area contributed by atoms with Crippen LogP contribution in [0.5, 0.6) is 0 Å². The van der Waals surface area contributed by atoms with Gasteiger partial charge in [0.15, 0.2) is 0 Å². The van der Waals surface area contributed by atoms with Crippen LogP contribution in [0.1, 0.15) is 18.1 Å². The van der Waals surface area contributed by atoms with Crippen molar-refractivity contribution in [1.82, 2.24) is 0 Å². The average Bonchev–Trinajstić information content (AvgIpc) is 2.78. The monoisotopic (exact) mass is 442 g/mol. The number of carbonyl (C=O) groups is 1. The van der Waals surface area contributed by atoms with Crippen LogP contribution in [-0.4, -0.2) is 28.5 Å². The van der Waals surface area contributed by atoms with E-state index in [4.69, 9.17) is 11.6 Å². The largest absolute Gasteiger partial charge is 0.278 e. The van der Waals surface area contributed by atoms with Crippen LogP contribution < -0.4 is 9.03 Å². The standard InChI is InChI=1S/C18H19ClN2O5S2/c1-11-8-12(2)17(16(19)9-11)20-28(25,26)15-6-4-14(5-7-15)21-18(22)13(3)10-27(21,23)24/h4-9,13,20H,10H2,1-3H3/t13-/m1/s1. The quantitative estimate of drug-likeness (QED) is 0.784. The first-order valence-corrected chi connectivity index (χ1v) is 11.9. The van der Waals surface area contributed by atoms with Crippen molar-refractivity contribution in [3.05, 3.63) is 52.5 Å². The Morgan fingerprint density at radius 1 is 1.14 bits per heavy atom. The molecule has 0 radical (unpaired) electrons. The average molecular weight is 443 g/mol. The molecule has 0 bridgehead atoms. The molecule has 0 unspecified atom stereocenters. The topological polar surface area (TPSA) is 101 Å². The zero-order valence-corrected chi connectivity index (χ0v) is 17.8. The van der Waals surface area contributed by atoms with E-state index in [1.807, 2.05) is 6.92 Å². The second-order valence-electron chi connectivity index (χ2n) is 6.82. The predicted molar refractivity (Wildman–Crippen MR) is 109 cm³/mol. The SMILES string of the molecule is Cc1cc(C)c(NS(=O)(=O)c2ccc(N3C(=O)[C@H](C)CS3(=O)=O)cc2)c(Cl)c1. The number of amides is 1. The van der Waals surface area contributed by atoms with E-state index in [1.54, 1.807) is 19.1 Å². The first-order chi connectivity index (χ1) is 12.9. The number of sulfonamides is 2. The van der Waals surface area contributed by atoms with E-state index >= 15 is 0 Å². The van der Waals surface area contributed by atoms with Crippen LogP contribution >= 0.6 is 11.6 Å². The Balaban J connectivity index is 1.92. The second-order valence-corrected chi connectivity index (χ2v) is 10.8. The lowest BCUT2D eigenvalue weighted by Crippen LogP contribution is -2.30. The summed E-state index contributed by atoms with van der Waals surface area (Å²) >= 11 is 6.16. The van der Waals surface area contributed by atoms with Crippen LogP contribution in [0.4, 0.5) is 11.4 Å². The molecule has 1 heterocycles. The van der Waals surface area contributed by atoms with Crippen molar-refractivity contribution in [2.75, 3.05) is 14.8 Å². The van der Waals surface area contributed by atoms with Gasteiger partial charge in [-0.25, -0.2) is 21.1 Å². The van der Waals surface area contributed by atoms with Gasteiger partial charge >= 0.3 is 0 Å². The Kier molecular flexibility index (Phi) is 5.20. The van der Waals surface area contributed by atoms with Gasteiger partial charge in [0.05, 0.1) is 33.0 Å². The number of anilines is 2. The van der Waals surface area contributed by atoms with Crippen molar-refractivity contribution in [2.24, 2.45) is 5.92 Å². The normalized spacial score (nSPS) is 19.1. The zero-order valence-electron chi connectivity index (χ0n) is 15.4. The Hall–Kier alpha value is -2.10. The lowest BCUT2D eigenvalue weighted by atomic mass is 10.1. The van der Waals surface area contributed by atoms with E-state index < -0.39 is 31.9 Å². The number of hydrogen-bond acceptors (Lipinski definition) is 5. The van der Waals surface area contributed by atoms with Gasteiger partial charge in [-0.15, -0.1) is 0 Å². The molecule has 7 nitrogen and oxygen atoms in total. The summed E-state index contributed by atoms with van der Waals surface area (Å²) in [6.07, 6.45) is 0. The summed E-state index contributed by atoms with van der Waals surface area (Å²) in [7, 11) is -7.70. The molecule has 2 aromatic rings. The van der Waals surface area contributed by atoms with Gasteiger partial charge in [0.25, 0.3) is 10.0 Å². The molecule has 1 fully saturated rings. The molecule has 28 heavy (non-hydrogen) atoms. The minimum atomic E-state index is -3.95. The van der Waals surface area contributed by atoms with E-state index in [0.29, 0.717) is 5.56 Å². The van der Waals surface area contributed by atoms with Gasteiger partial charge in [0, 0.05) is 0 Å². The van der Waals surface area contributed by atoms with Crippen molar-refractivity contribution in [1.29, 1.82) is 0 Å². The van der Waals surface area contributed by atoms with Crippen molar-refractivity contribution in [2.45, 2.75) is 25.7 Å². The molecule has 1 aliphatic rings. The number of nitrogens with zero attached hydrogens (tertiary/aromatic N) is 1. The number of benzene rings is 2. The van der Waals surface area contributed by atoms with Crippen LogP contribution in [0.3, 0.4) is 0 Å². The van der Waals surface area contributed by atoms with E-state index in [1.165, 1.54) is 31.2 Å². The molecule has 1 N–H and O–H groups in total. The molecule has 0 saturated carbocycles. The lowest BCUT2D eigenvalue weighted by molar-refractivity contribution is -0.119. The number of rotatable bonds is 4. The molecular formula is C18H19ClN2O5S2. The van der Waals surface area contributed by atoms with E-state index in [2.05, 4.69) is 4.72 Å². The van der Waals surface area contributed by atoms with Crippen LogP contribution in [0, 0.1) is 19.8 Å². The summed E-state index contributed by atoms with van der Waals surface area (Å²) < 4.78 is 52.9. The molecule has 1 atom stereocenters. The fourth-order valence-electron chi connectivity index (χ4n) is 3.09. The summed E-state index contributed by atoms with van der Waals surface area (Å²) in [6, 6.07) is 8.55. The molecule has 0 aromatic heterocycles. The third-order valence-corrected chi connectivity index (χ3v) is 7.94. The molecule has 1 saturated heterocycles. The number of halogens is 1. The molecular weight excluding hydrogens is 424 g/mol. The molecule has 0 aliphatic carbocycles. The van der Waals surface area contributed by atoms with Crippen molar-refractivity contribution in [3.63, 3.8) is 0 Å². The smallest absolute Gasteiger partial charge is 0.261 e. The van der Waals surface area contributed by atoms with Crippen molar-refractivity contribution in [3.8, 4) is 0 Å². The first-order valence-electron chi connectivity index (χ1n) is 8.39. The number of carbonyl (C=O) groups excluding carboxylic acids is 1. The van der Waals surface area contributed by atoms with Crippen LogP contribution in [0.2, 0.25) is 5.02 Å². The minimum Gasteiger partial charge on any atom is -0.278 e. The summed E-state index contributed by atoms with van der Waals surface area (Å²) in [5.74, 6) is -1.43. The van der Waals surface area contributed by atoms with Gasteiger partial charge in [0.2, 0.25) is 15.9 Å². The summed E-state index contributed by atoms with van der Waals surface area (Å²) in [5.41, 5.74) is 1.97. The van der Waals surface area contributed by atoms with Crippen molar-refractivity contribution < 1.29 is 21.6 Å². The first kappa shape index (κ1) is 20.6. The van der Waals surface area contributed by atoms with E-state index in [0.717, 1.165) is 9.87 Å². The molecule has 2 aromatic carbocycles. The summed E-state index contributed by atoms with van der Waals surface area (Å²) in [6.45, 7) is 5.13. The molecule has 1 amide bonds. The fourth-order valence-corrected chi connectivity index (χ4v) is 6.48. The number of aryl methyl sites for hydroxylation is 2. The minimum absolute atomic E-state index is 0.0793. The molecule has 1 aliphatic heterocycles. The maximum atomic E-state index is 12.7. The third kappa shape index (κ3) is 3.74. The highest BCUT2D eigenvalue weighted by Crippen LogP contribution is 2.31. The lowest BCUT2D eigenvalue weighted by Gasteiger charge is -2.16. The number of hydrogen-bond donors (Lipinski definition) is 1. The van der Waals surface area contributed by atoms with Gasteiger partial charge in [0.1, 0.15) is 0 Å². The highest BCUT2D eigenvalue weighted by molar-refractivity contribution is 7.94. The Morgan fingerprint density at radius 3 is 2.25 bits per heavy atom. The van der Waals surface area contributed by atoms with E-state index in [9.17, 15) is 21.6 Å². The Bertz CT molecular complexity index is 1140. The van der Waals surface area contributed by atoms with Gasteiger partial charge < -0.3 is 0 Å². The zero-order chi connectivity index (χ0) is 20.9. The third-order valence-electron chi connectivity index (χ3n) is 4.41. The fraction of sp³-hybridized carbons (Fsp3) is 0.278. The molecule has 0 spiro atoms. The van der Waals surface area contributed by atoms with E-state index in [-0.39, 0.29) is 27.0 Å². The van der Waals surface area contributed by atoms with Crippen LogP contribution in [0.15, 0.2) is 41.3 Å². The second kappa shape index (κ2) is 7.06. The van der Waals surface area contributed by atoms with Crippen LogP contribution in [0.25, 0.3) is 0 Å². The van der Waals surface area contributed by atoms with Gasteiger partial charge in [-0.1, -0.05) is 24.6 Å². The van der Waals surface area contributed by atoms with Crippen molar-refractivity contribution >= 4 is 48.9 Å². The Morgan fingerprint density at radius 2 is 1.75 bits per heavy atom.